The number of alkyl halides is 3. The fourth-order valence-corrected chi connectivity index (χ4v) is 1.47. The monoisotopic (exact) mass is 262 g/mol. The van der Waals surface area contributed by atoms with Gasteiger partial charge in [0.05, 0.1) is 0 Å². The molecule has 1 aromatic carbocycles. The van der Waals surface area contributed by atoms with Gasteiger partial charge in [0.15, 0.2) is 6.79 Å². The quantitative estimate of drug-likeness (QED) is 0.605. The summed E-state index contributed by atoms with van der Waals surface area (Å²) in [6, 6.07) is 7.25. The van der Waals surface area contributed by atoms with Crippen molar-refractivity contribution >= 4 is 0 Å². The lowest BCUT2D eigenvalue weighted by Crippen LogP contribution is -2.20. The number of hydrogen-bond acceptors (Lipinski definition) is 2. The third-order valence-corrected chi connectivity index (χ3v) is 2.26. The molecule has 0 aromatic heterocycles. The molecule has 1 aromatic rings. The van der Waals surface area contributed by atoms with Gasteiger partial charge in [0.1, 0.15) is 12.4 Å². The highest BCUT2D eigenvalue weighted by molar-refractivity contribution is 5.38. The van der Waals surface area contributed by atoms with Crippen molar-refractivity contribution in [2.45, 2.75) is 32.4 Å². The summed E-state index contributed by atoms with van der Waals surface area (Å²) in [5.41, 5.74) is 0.793. The van der Waals surface area contributed by atoms with Gasteiger partial charge < -0.3 is 9.47 Å². The molecule has 0 unspecified atom stereocenters. The van der Waals surface area contributed by atoms with Crippen LogP contribution in [0.2, 0.25) is 0 Å². The number of hydrogen-bond donors (Lipinski definition) is 0. The second kappa shape index (κ2) is 5.61. The van der Waals surface area contributed by atoms with Crippen LogP contribution in [0.1, 0.15) is 26.3 Å². The van der Waals surface area contributed by atoms with Crippen molar-refractivity contribution in [2.75, 3.05) is 13.4 Å². The molecule has 102 valence electrons. The van der Waals surface area contributed by atoms with E-state index >= 15 is 0 Å². The molecule has 0 saturated heterocycles. The summed E-state index contributed by atoms with van der Waals surface area (Å²) in [4.78, 5) is 0. The van der Waals surface area contributed by atoms with Crippen LogP contribution >= 0.6 is 0 Å². The van der Waals surface area contributed by atoms with Crippen molar-refractivity contribution in [3.8, 4) is 5.75 Å². The van der Waals surface area contributed by atoms with E-state index in [4.69, 9.17) is 4.74 Å². The smallest absolute Gasteiger partial charge is 0.411 e. The van der Waals surface area contributed by atoms with Crippen LogP contribution in [0.15, 0.2) is 24.3 Å². The molecule has 0 atom stereocenters. The highest BCUT2D eigenvalue weighted by Crippen LogP contribution is 2.30. The molecule has 5 heteroatoms. The second-order valence-electron chi connectivity index (χ2n) is 4.97. The van der Waals surface area contributed by atoms with Crippen LogP contribution in [0.3, 0.4) is 0 Å². The molecule has 0 aliphatic rings. The van der Waals surface area contributed by atoms with Crippen LogP contribution in [0.5, 0.6) is 5.75 Å². The minimum Gasteiger partial charge on any atom is -0.467 e. The van der Waals surface area contributed by atoms with Gasteiger partial charge >= 0.3 is 6.18 Å². The molecule has 0 N–H and O–H groups in total. The SMILES string of the molecule is CC(C)(C)c1ccccc1OCOCC(F)(F)F. The zero-order valence-electron chi connectivity index (χ0n) is 10.7. The van der Waals surface area contributed by atoms with Crippen molar-refractivity contribution in [3.63, 3.8) is 0 Å². The van der Waals surface area contributed by atoms with Gasteiger partial charge in [-0.1, -0.05) is 39.0 Å². The lowest BCUT2D eigenvalue weighted by molar-refractivity contribution is -0.186. The predicted octanol–water partition coefficient (Wildman–Crippen LogP) is 3.90. The Morgan fingerprint density at radius 3 is 2.22 bits per heavy atom. The molecule has 0 aliphatic heterocycles. The normalized spacial score (nSPS) is 12.6. The minimum atomic E-state index is -4.33. The number of benzene rings is 1. The van der Waals surface area contributed by atoms with E-state index in [2.05, 4.69) is 4.74 Å². The summed E-state index contributed by atoms with van der Waals surface area (Å²) >= 11 is 0. The summed E-state index contributed by atoms with van der Waals surface area (Å²) in [6.07, 6.45) is -4.33. The summed E-state index contributed by atoms with van der Waals surface area (Å²) in [7, 11) is 0. The average Bonchev–Trinajstić information content (AvgIpc) is 2.22. The Labute approximate surface area is 105 Å². The molecule has 0 bridgehead atoms. The molecular formula is C13H17F3O2. The van der Waals surface area contributed by atoms with Gasteiger partial charge in [0.25, 0.3) is 0 Å². The first-order valence-corrected chi connectivity index (χ1v) is 5.57. The van der Waals surface area contributed by atoms with Crippen molar-refractivity contribution < 1.29 is 22.6 Å². The maximum Gasteiger partial charge on any atom is 0.411 e. The minimum absolute atomic E-state index is 0.138. The standard InChI is InChI=1S/C13H17F3O2/c1-12(2,3)10-6-4-5-7-11(10)18-9-17-8-13(14,15)16/h4-7H,8-9H2,1-3H3. The number of rotatable bonds is 4. The Morgan fingerprint density at radius 1 is 1.06 bits per heavy atom. The molecule has 1 rings (SSSR count). The molecule has 0 heterocycles. The van der Waals surface area contributed by atoms with Crippen molar-refractivity contribution in [1.29, 1.82) is 0 Å². The number of ether oxygens (including phenoxy) is 2. The van der Waals surface area contributed by atoms with E-state index in [1.54, 1.807) is 12.1 Å². The average molecular weight is 262 g/mol. The van der Waals surface area contributed by atoms with E-state index in [9.17, 15) is 13.2 Å². The van der Waals surface area contributed by atoms with Gasteiger partial charge in [0, 0.05) is 0 Å². The molecule has 0 aliphatic carbocycles. The van der Waals surface area contributed by atoms with Crippen molar-refractivity contribution in [2.24, 2.45) is 0 Å². The summed E-state index contributed by atoms with van der Waals surface area (Å²) in [5, 5.41) is 0. The van der Waals surface area contributed by atoms with E-state index in [0.717, 1.165) is 5.56 Å². The number of para-hydroxylation sites is 1. The van der Waals surface area contributed by atoms with E-state index in [1.807, 2.05) is 32.9 Å². The van der Waals surface area contributed by atoms with E-state index < -0.39 is 19.6 Å². The van der Waals surface area contributed by atoms with Crippen LogP contribution in [0.4, 0.5) is 13.2 Å². The predicted molar refractivity (Wildman–Crippen MR) is 62.6 cm³/mol. The lowest BCUT2D eigenvalue weighted by atomic mass is 9.86. The topological polar surface area (TPSA) is 18.5 Å². The van der Waals surface area contributed by atoms with Gasteiger partial charge in [-0.15, -0.1) is 0 Å². The Hall–Kier alpha value is -1.23. The Kier molecular flexibility index (Phi) is 4.62. The third kappa shape index (κ3) is 4.96. The zero-order valence-corrected chi connectivity index (χ0v) is 10.7. The summed E-state index contributed by atoms with van der Waals surface area (Å²) in [5.74, 6) is 0.548. The zero-order chi connectivity index (χ0) is 13.8. The molecule has 0 radical (unpaired) electrons. The highest BCUT2D eigenvalue weighted by atomic mass is 19.4. The van der Waals surface area contributed by atoms with Gasteiger partial charge in [-0.2, -0.15) is 13.2 Å². The van der Waals surface area contributed by atoms with Gasteiger partial charge in [0.2, 0.25) is 0 Å². The molecular weight excluding hydrogens is 245 g/mol. The lowest BCUT2D eigenvalue weighted by Gasteiger charge is -2.22. The molecule has 0 amide bonds. The van der Waals surface area contributed by atoms with Crippen LogP contribution < -0.4 is 4.74 Å². The molecule has 2 nitrogen and oxygen atoms in total. The van der Waals surface area contributed by atoms with Crippen LogP contribution in [0, 0.1) is 0 Å². The second-order valence-corrected chi connectivity index (χ2v) is 4.97. The molecule has 18 heavy (non-hydrogen) atoms. The number of halogens is 3. The van der Waals surface area contributed by atoms with Crippen LogP contribution in [-0.2, 0) is 10.2 Å². The van der Waals surface area contributed by atoms with E-state index in [1.165, 1.54) is 0 Å². The molecule has 0 spiro atoms. The largest absolute Gasteiger partial charge is 0.467 e. The van der Waals surface area contributed by atoms with E-state index in [-0.39, 0.29) is 5.41 Å². The fraction of sp³-hybridized carbons (Fsp3) is 0.538. The fourth-order valence-electron chi connectivity index (χ4n) is 1.47. The first kappa shape index (κ1) is 14.8. The maximum atomic E-state index is 11.9. The van der Waals surface area contributed by atoms with Crippen LogP contribution in [-0.4, -0.2) is 19.6 Å². The molecule has 0 saturated carbocycles. The van der Waals surface area contributed by atoms with Crippen molar-refractivity contribution in [1.82, 2.24) is 0 Å². The van der Waals surface area contributed by atoms with Crippen LogP contribution in [0.25, 0.3) is 0 Å². The Bertz CT molecular complexity index is 381. The molecule has 0 fully saturated rings. The third-order valence-electron chi connectivity index (χ3n) is 2.26. The Morgan fingerprint density at radius 2 is 1.67 bits per heavy atom. The summed E-state index contributed by atoms with van der Waals surface area (Å²) in [6.45, 7) is 4.31. The van der Waals surface area contributed by atoms with Gasteiger partial charge in [-0.05, 0) is 17.0 Å². The first-order chi connectivity index (χ1) is 8.20. The van der Waals surface area contributed by atoms with Gasteiger partial charge in [-0.25, -0.2) is 0 Å². The first-order valence-electron chi connectivity index (χ1n) is 5.57. The Balaban J connectivity index is 2.58. The van der Waals surface area contributed by atoms with Crippen molar-refractivity contribution in [3.05, 3.63) is 29.8 Å². The maximum absolute atomic E-state index is 11.9. The summed E-state index contributed by atoms with van der Waals surface area (Å²) < 4.78 is 45.3. The highest BCUT2D eigenvalue weighted by Gasteiger charge is 2.27. The van der Waals surface area contributed by atoms with E-state index in [0.29, 0.717) is 5.75 Å². The van der Waals surface area contributed by atoms with Gasteiger partial charge in [-0.3, -0.25) is 0 Å².